The van der Waals surface area contributed by atoms with Gasteiger partial charge in [0.1, 0.15) is 11.1 Å². The molecule has 0 aliphatic carbocycles. The van der Waals surface area contributed by atoms with Gasteiger partial charge in [-0.25, -0.2) is 5.01 Å². The number of phenols is 1. The zero-order valence-electron chi connectivity index (χ0n) is 17.5. The van der Waals surface area contributed by atoms with Crippen LogP contribution in [0.3, 0.4) is 0 Å². The van der Waals surface area contributed by atoms with Crippen molar-refractivity contribution in [2.75, 3.05) is 14.1 Å². The van der Waals surface area contributed by atoms with Crippen LogP contribution in [-0.2, 0) is 15.6 Å². The normalized spacial score (nSPS) is 20.5. The second-order valence-corrected chi connectivity index (χ2v) is 10.2. The third-order valence-corrected chi connectivity index (χ3v) is 5.97. The summed E-state index contributed by atoms with van der Waals surface area (Å²) in [5, 5.41) is 14.4. The van der Waals surface area contributed by atoms with E-state index >= 15 is 0 Å². The maximum atomic E-state index is 12.7. The summed E-state index contributed by atoms with van der Waals surface area (Å²) in [5.74, 6) is 0.390. The van der Waals surface area contributed by atoms with Crippen molar-refractivity contribution in [1.82, 2.24) is 10.0 Å². The van der Waals surface area contributed by atoms with Gasteiger partial charge in [0.15, 0.2) is 0 Å². The van der Waals surface area contributed by atoms with Gasteiger partial charge < -0.3 is 5.11 Å². The third-order valence-electron chi connectivity index (χ3n) is 4.61. The number of allylic oxidation sites excluding steroid dienone is 1. The predicted molar refractivity (Wildman–Crippen MR) is 110 cm³/mol. The first-order chi connectivity index (χ1) is 11.8. The number of aromatic hydroxyl groups is 1. The molecule has 1 aliphatic rings. The molecule has 26 heavy (non-hydrogen) atoms. The molecule has 0 saturated carbocycles. The lowest BCUT2D eigenvalue weighted by molar-refractivity contribution is -0.139. The van der Waals surface area contributed by atoms with Crippen LogP contribution in [0.15, 0.2) is 23.1 Å². The van der Waals surface area contributed by atoms with Gasteiger partial charge in [0.2, 0.25) is 0 Å². The number of hydrogen-bond donors (Lipinski definition) is 1. The van der Waals surface area contributed by atoms with Crippen LogP contribution >= 0.6 is 11.8 Å². The van der Waals surface area contributed by atoms with Gasteiger partial charge in [-0.15, -0.1) is 0 Å². The Labute approximate surface area is 162 Å². The van der Waals surface area contributed by atoms with E-state index in [1.165, 1.54) is 0 Å². The molecule has 144 valence electrons. The number of carbonyl (C=O) groups is 1. The summed E-state index contributed by atoms with van der Waals surface area (Å²) in [4.78, 5) is 13.5. The Morgan fingerprint density at radius 2 is 1.54 bits per heavy atom. The van der Waals surface area contributed by atoms with Crippen molar-refractivity contribution in [3.63, 3.8) is 0 Å². The molecule has 0 spiro atoms. The fraction of sp³-hybridized carbons (Fsp3) is 0.571. The lowest BCUT2D eigenvalue weighted by Crippen LogP contribution is -2.39. The summed E-state index contributed by atoms with van der Waals surface area (Å²) in [6, 6.07) is 4.12. The van der Waals surface area contributed by atoms with E-state index in [0.29, 0.717) is 5.75 Å². The van der Waals surface area contributed by atoms with E-state index in [2.05, 4.69) is 53.7 Å². The molecule has 5 heteroatoms. The van der Waals surface area contributed by atoms with E-state index in [4.69, 9.17) is 0 Å². The zero-order valence-corrected chi connectivity index (χ0v) is 18.3. The second kappa shape index (κ2) is 6.93. The van der Waals surface area contributed by atoms with Crippen molar-refractivity contribution in [3.05, 3.63) is 39.8 Å². The van der Waals surface area contributed by atoms with E-state index in [1.54, 1.807) is 16.8 Å². The highest BCUT2D eigenvalue weighted by Crippen LogP contribution is 2.49. The van der Waals surface area contributed by atoms with Gasteiger partial charge in [0.25, 0.3) is 5.91 Å². The maximum absolute atomic E-state index is 12.7. The molecule has 1 N–H and O–H groups in total. The molecular formula is C21H32N2O2S. The Kier molecular flexibility index (Phi) is 5.56. The van der Waals surface area contributed by atoms with Crippen LogP contribution in [-0.4, -0.2) is 35.1 Å². The largest absolute Gasteiger partial charge is 0.507 e. The SMILES string of the molecule is C/C=C1\SC(c2cc(C(C)(C)C)c(O)c(C(C)(C)C)c2)N(N(C)C)C1=O. The highest BCUT2D eigenvalue weighted by molar-refractivity contribution is 8.04. The van der Waals surface area contributed by atoms with E-state index < -0.39 is 0 Å². The number of thioether (sulfide) groups is 1. The van der Waals surface area contributed by atoms with Crippen molar-refractivity contribution >= 4 is 17.7 Å². The number of phenolic OH excluding ortho intramolecular Hbond substituents is 1. The summed E-state index contributed by atoms with van der Waals surface area (Å²) in [6.45, 7) is 14.5. The minimum absolute atomic E-state index is 0.0233. The molecule has 1 atom stereocenters. The Bertz CT molecular complexity index is 704. The minimum atomic E-state index is -0.195. The molecule has 1 saturated heterocycles. The molecule has 0 radical (unpaired) electrons. The summed E-state index contributed by atoms with van der Waals surface area (Å²) in [5.41, 5.74) is 2.49. The van der Waals surface area contributed by atoms with Gasteiger partial charge in [-0.3, -0.25) is 9.80 Å². The molecule has 1 aromatic carbocycles. The average molecular weight is 377 g/mol. The molecule has 0 bridgehead atoms. The van der Waals surface area contributed by atoms with Gasteiger partial charge >= 0.3 is 0 Å². The first-order valence-electron chi connectivity index (χ1n) is 9.00. The number of amides is 1. The van der Waals surface area contributed by atoms with Crippen LogP contribution in [0.4, 0.5) is 0 Å². The van der Waals surface area contributed by atoms with E-state index in [1.807, 2.05) is 32.1 Å². The van der Waals surface area contributed by atoms with Crippen LogP contribution in [0.25, 0.3) is 0 Å². The Morgan fingerprint density at radius 3 is 1.88 bits per heavy atom. The first kappa shape index (κ1) is 20.8. The number of carbonyl (C=O) groups excluding carboxylic acids is 1. The van der Waals surface area contributed by atoms with Crippen molar-refractivity contribution in [2.45, 2.75) is 64.7 Å². The Morgan fingerprint density at radius 1 is 1.08 bits per heavy atom. The van der Waals surface area contributed by atoms with E-state index in [0.717, 1.165) is 21.6 Å². The maximum Gasteiger partial charge on any atom is 0.275 e. The third kappa shape index (κ3) is 3.79. The summed E-state index contributed by atoms with van der Waals surface area (Å²) < 4.78 is 0. The first-order valence-corrected chi connectivity index (χ1v) is 9.88. The lowest BCUT2D eigenvalue weighted by Gasteiger charge is -2.33. The zero-order chi connectivity index (χ0) is 20.0. The predicted octanol–water partition coefficient (Wildman–Crippen LogP) is 4.94. The second-order valence-electron chi connectivity index (χ2n) is 9.08. The Balaban J connectivity index is 2.71. The van der Waals surface area contributed by atoms with E-state index in [-0.39, 0.29) is 22.1 Å². The fourth-order valence-corrected chi connectivity index (χ4v) is 4.40. The standard InChI is InChI=1S/C21H32N2O2S/c1-10-16-18(25)23(22(8)9)19(26-16)13-11-14(20(2,3)4)17(24)15(12-13)21(5,6)7/h10-12,19,24H,1-9H3/b16-10-. The minimum Gasteiger partial charge on any atom is -0.507 e. The van der Waals surface area contributed by atoms with Crippen molar-refractivity contribution < 1.29 is 9.90 Å². The molecule has 1 unspecified atom stereocenters. The van der Waals surface area contributed by atoms with Crippen LogP contribution < -0.4 is 0 Å². The molecule has 1 heterocycles. The highest BCUT2D eigenvalue weighted by atomic mass is 32.2. The smallest absolute Gasteiger partial charge is 0.275 e. The molecule has 1 fully saturated rings. The number of nitrogens with zero attached hydrogens (tertiary/aromatic N) is 2. The fourth-order valence-electron chi connectivity index (χ4n) is 3.17. The van der Waals surface area contributed by atoms with E-state index in [9.17, 15) is 9.90 Å². The number of hydrogen-bond acceptors (Lipinski definition) is 4. The number of benzene rings is 1. The van der Waals surface area contributed by atoms with Gasteiger partial charge in [-0.2, -0.15) is 0 Å². The molecular weight excluding hydrogens is 344 g/mol. The van der Waals surface area contributed by atoms with Crippen molar-refractivity contribution in [3.8, 4) is 5.75 Å². The topological polar surface area (TPSA) is 43.8 Å². The summed E-state index contributed by atoms with van der Waals surface area (Å²) in [7, 11) is 3.78. The summed E-state index contributed by atoms with van der Waals surface area (Å²) in [6.07, 6.45) is 1.87. The van der Waals surface area contributed by atoms with Crippen LogP contribution in [0, 0.1) is 0 Å². The van der Waals surface area contributed by atoms with Gasteiger partial charge in [0, 0.05) is 14.1 Å². The van der Waals surface area contributed by atoms with Gasteiger partial charge in [0.05, 0.1) is 4.91 Å². The van der Waals surface area contributed by atoms with Crippen molar-refractivity contribution in [1.29, 1.82) is 0 Å². The highest BCUT2D eigenvalue weighted by Gasteiger charge is 2.40. The molecule has 2 rings (SSSR count). The van der Waals surface area contributed by atoms with Gasteiger partial charge in [-0.1, -0.05) is 59.4 Å². The number of hydrazine groups is 1. The lowest BCUT2D eigenvalue weighted by atomic mass is 9.78. The van der Waals surface area contributed by atoms with Crippen LogP contribution in [0.5, 0.6) is 5.75 Å². The Hall–Kier alpha value is -1.46. The molecule has 1 amide bonds. The molecule has 4 nitrogen and oxygen atoms in total. The molecule has 0 aromatic heterocycles. The van der Waals surface area contributed by atoms with Crippen molar-refractivity contribution in [2.24, 2.45) is 0 Å². The van der Waals surface area contributed by atoms with Crippen LogP contribution in [0.1, 0.15) is 70.5 Å². The summed E-state index contributed by atoms with van der Waals surface area (Å²) >= 11 is 1.57. The monoisotopic (exact) mass is 376 g/mol. The molecule has 1 aromatic rings. The quantitative estimate of drug-likeness (QED) is 0.742. The number of rotatable bonds is 2. The average Bonchev–Trinajstić information content (AvgIpc) is 2.81. The molecule has 1 aliphatic heterocycles. The van der Waals surface area contributed by atoms with Gasteiger partial charge in [-0.05, 0) is 46.6 Å². The van der Waals surface area contributed by atoms with Crippen LogP contribution in [0.2, 0.25) is 0 Å².